The molecule has 0 aliphatic rings. The third-order valence-electron chi connectivity index (χ3n) is 3.32. The predicted molar refractivity (Wildman–Crippen MR) is 92.1 cm³/mol. The first kappa shape index (κ1) is 19.4. The molecule has 0 aromatic heterocycles. The molecule has 0 N–H and O–H groups in total. The minimum Gasteiger partial charge on any atom is -0.465 e. The standard InChI is InChI=1S/C17H17ClFNO4S/c1-2-24-17(21)12-20(11-13-6-4-3-5-7-13)25(22,23)16-9-8-14(19)10-15(16)18/h3-10H,2,11-12H2,1H3. The molecule has 25 heavy (non-hydrogen) atoms. The van der Waals surface area contributed by atoms with E-state index in [1.807, 2.05) is 0 Å². The lowest BCUT2D eigenvalue weighted by molar-refractivity contribution is -0.143. The summed E-state index contributed by atoms with van der Waals surface area (Å²) >= 11 is 5.90. The first-order chi connectivity index (χ1) is 11.8. The van der Waals surface area contributed by atoms with Crippen LogP contribution in [0.15, 0.2) is 53.4 Å². The molecule has 0 saturated heterocycles. The molecule has 0 radical (unpaired) electrons. The Labute approximate surface area is 151 Å². The summed E-state index contributed by atoms with van der Waals surface area (Å²) in [6.45, 7) is 1.24. The minimum atomic E-state index is -4.13. The fraction of sp³-hybridized carbons (Fsp3) is 0.235. The van der Waals surface area contributed by atoms with Crippen molar-refractivity contribution in [2.24, 2.45) is 0 Å². The number of carbonyl (C=O) groups is 1. The number of hydrogen-bond donors (Lipinski definition) is 0. The summed E-state index contributed by atoms with van der Waals surface area (Å²) in [5, 5.41) is -0.248. The van der Waals surface area contributed by atoms with E-state index in [0.717, 1.165) is 22.5 Å². The zero-order valence-electron chi connectivity index (χ0n) is 13.5. The van der Waals surface area contributed by atoms with Crippen LogP contribution in [-0.2, 0) is 26.1 Å². The van der Waals surface area contributed by atoms with Crippen LogP contribution in [0, 0.1) is 5.82 Å². The van der Waals surface area contributed by atoms with Gasteiger partial charge in [0.15, 0.2) is 0 Å². The molecule has 0 bridgehead atoms. The molecule has 2 aromatic carbocycles. The van der Waals surface area contributed by atoms with Crippen LogP contribution in [-0.4, -0.2) is 31.8 Å². The van der Waals surface area contributed by atoms with Crippen molar-refractivity contribution < 1.29 is 22.3 Å². The molecule has 134 valence electrons. The first-order valence-electron chi connectivity index (χ1n) is 7.49. The maximum atomic E-state index is 13.2. The van der Waals surface area contributed by atoms with Crippen LogP contribution >= 0.6 is 11.6 Å². The Bertz CT molecular complexity index is 843. The van der Waals surface area contributed by atoms with Gasteiger partial charge in [-0.15, -0.1) is 0 Å². The Balaban J connectivity index is 2.39. The largest absolute Gasteiger partial charge is 0.465 e. The summed E-state index contributed by atoms with van der Waals surface area (Å²) in [5.41, 5.74) is 0.689. The van der Waals surface area contributed by atoms with Gasteiger partial charge < -0.3 is 4.74 Å². The summed E-state index contributed by atoms with van der Waals surface area (Å²) in [5.74, 6) is -1.33. The Hall–Kier alpha value is -1.96. The van der Waals surface area contributed by atoms with E-state index in [-0.39, 0.29) is 23.1 Å². The summed E-state index contributed by atoms with van der Waals surface area (Å²) in [6, 6.07) is 11.8. The molecule has 2 rings (SSSR count). The van der Waals surface area contributed by atoms with Gasteiger partial charge in [-0.1, -0.05) is 41.9 Å². The van der Waals surface area contributed by atoms with Gasteiger partial charge in [-0.05, 0) is 30.7 Å². The summed E-state index contributed by atoms with van der Waals surface area (Å²) in [6.07, 6.45) is 0. The number of benzene rings is 2. The lowest BCUT2D eigenvalue weighted by Gasteiger charge is -2.22. The van der Waals surface area contributed by atoms with E-state index in [1.54, 1.807) is 37.3 Å². The Morgan fingerprint density at radius 3 is 2.48 bits per heavy atom. The topological polar surface area (TPSA) is 63.7 Å². The molecule has 0 fully saturated rings. The average Bonchev–Trinajstić information content (AvgIpc) is 2.55. The van der Waals surface area contributed by atoms with Crippen LogP contribution in [0.2, 0.25) is 5.02 Å². The van der Waals surface area contributed by atoms with E-state index in [0.29, 0.717) is 5.56 Å². The highest BCUT2D eigenvalue weighted by atomic mass is 35.5. The highest BCUT2D eigenvalue weighted by molar-refractivity contribution is 7.89. The van der Waals surface area contributed by atoms with E-state index in [9.17, 15) is 17.6 Å². The van der Waals surface area contributed by atoms with Gasteiger partial charge in [0.05, 0.1) is 11.6 Å². The molecule has 2 aromatic rings. The van der Waals surface area contributed by atoms with E-state index in [4.69, 9.17) is 16.3 Å². The van der Waals surface area contributed by atoms with Crippen LogP contribution in [0.5, 0.6) is 0 Å². The highest BCUT2D eigenvalue weighted by Crippen LogP contribution is 2.26. The van der Waals surface area contributed by atoms with Crippen molar-refractivity contribution in [3.8, 4) is 0 Å². The molecular formula is C17H17ClFNO4S. The average molecular weight is 386 g/mol. The van der Waals surface area contributed by atoms with Gasteiger partial charge in [0, 0.05) is 6.54 Å². The monoisotopic (exact) mass is 385 g/mol. The maximum Gasteiger partial charge on any atom is 0.321 e. The van der Waals surface area contributed by atoms with Crippen molar-refractivity contribution in [3.63, 3.8) is 0 Å². The number of sulfonamides is 1. The quantitative estimate of drug-likeness (QED) is 0.686. The summed E-state index contributed by atoms with van der Waals surface area (Å²) in [4.78, 5) is 11.6. The first-order valence-corrected chi connectivity index (χ1v) is 9.31. The fourth-order valence-electron chi connectivity index (χ4n) is 2.19. The third-order valence-corrected chi connectivity index (χ3v) is 5.60. The van der Waals surface area contributed by atoms with Crippen molar-refractivity contribution in [3.05, 3.63) is 64.9 Å². The second kappa shape index (κ2) is 8.42. The van der Waals surface area contributed by atoms with Crippen molar-refractivity contribution in [1.29, 1.82) is 0 Å². The maximum absolute atomic E-state index is 13.2. The fourth-order valence-corrected chi connectivity index (χ4v) is 4.06. The van der Waals surface area contributed by atoms with Gasteiger partial charge >= 0.3 is 5.97 Å². The molecule has 0 atom stereocenters. The smallest absolute Gasteiger partial charge is 0.321 e. The molecule has 0 saturated carbocycles. The van der Waals surface area contributed by atoms with Gasteiger partial charge in [0.1, 0.15) is 17.3 Å². The number of carbonyl (C=O) groups excluding carboxylic acids is 1. The van der Waals surface area contributed by atoms with Gasteiger partial charge in [-0.2, -0.15) is 4.31 Å². The molecule has 0 spiro atoms. The number of rotatable bonds is 7. The normalized spacial score (nSPS) is 11.5. The van der Waals surface area contributed by atoms with E-state index >= 15 is 0 Å². The van der Waals surface area contributed by atoms with E-state index in [1.165, 1.54) is 0 Å². The number of halogens is 2. The third kappa shape index (κ3) is 5.01. The SMILES string of the molecule is CCOC(=O)CN(Cc1ccccc1)S(=O)(=O)c1ccc(F)cc1Cl. The van der Waals surface area contributed by atoms with Gasteiger partial charge in [0.25, 0.3) is 0 Å². The molecule has 0 aliphatic heterocycles. The Morgan fingerprint density at radius 1 is 1.20 bits per heavy atom. The van der Waals surface area contributed by atoms with Crippen molar-refractivity contribution in [2.45, 2.75) is 18.4 Å². The van der Waals surface area contributed by atoms with Crippen molar-refractivity contribution >= 4 is 27.6 Å². The van der Waals surface area contributed by atoms with Crippen LogP contribution < -0.4 is 0 Å². The van der Waals surface area contributed by atoms with Gasteiger partial charge in [0.2, 0.25) is 10.0 Å². The molecule has 0 heterocycles. The van der Waals surface area contributed by atoms with E-state index in [2.05, 4.69) is 0 Å². The lowest BCUT2D eigenvalue weighted by atomic mass is 10.2. The molecular weight excluding hydrogens is 369 g/mol. The Kier molecular flexibility index (Phi) is 6.52. The molecule has 0 aliphatic carbocycles. The number of hydrogen-bond acceptors (Lipinski definition) is 4. The van der Waals surface area contributed by atoms with Crippen LogP contribution in [0.3, 0.4) is 0 Å². The van der Waals surface area contributed by atoms with Gasteiger partial charge in [-0.3, -0.25) is 4.79 Å². The summed E-state index contributed by atoms with van der Waals surface area (Å²) < 4.78 is 44.9. The van der Waals surface area contributed by atoms with Crippen LogP contribution in [0.4, 0.5) is 4.39 Å². The second-order valence-electron chi connectivity index (χ2n) is 5.14. The molecule has 5 nitrogen and oxygen atoms in total. The predicted octanol–water partition coefficient (Wildman–Crippen LogP) is 3.23. The van der Waals surface area contributed by atoms with Gasteiger partial charge in [-0.25, -0.2) is 12.8 Å². The van der Waals surface area contributed by atoms with Crippen LogP contribution in [0.1, 0.15) is 12.5 Å². The second-order valence-corrected chi connectivity index (χ2v) is 7.45. The molecule has 8 heteroatoms. The van der Waals surface area contributed by atoms with Crippen molar-refractivity contribution in [2.75, 3.05) is 13.2 Å². The summed E-state index contributed by atoms with van der Waals surface area (Å²) in [7, 11) is -4.13. The minimum absolute atomic E-state index is 0.0459. The van der Waals surface area contributed by atoms with Crippen LogP contribution in [0.25, 0.3) is 0 Å². The number of nitrogens with zero attached hydrogens (tertiary/aromatic N) is 1. The number of esters is 1. The molecule has 0 amide bonds. The lowest BCUT2D eigenvalue weighted by Crippen LogP contribution is -2.36. The number of ether oxygens (including phenoxy) is 1. The van der Waals surface area contributed by atoms with Crippen molar-refractivity contribution in [1.82, 2.24) is 4.31 Å². The zero-order valence-corrected chi connectivity index (χ0v) is 15.1. The van der Waals surface area contributed by atoms with E-state index < -0.39 is 28.4 Å². The zero-order chi connectivity index (χ0) is 18.4. The Morgan fingerprint density at radius 2 is 1.88 bits per heavy atom. The highest BCUT2D eigenvalue weighted by Gasteiger charge is 2.29. The molecule has 0 unspecified atom stereocenters.